The van der Waals surface area contributed by atoms with E-state index in [4.69, 9.17) is 4.74 Å². The van der Waals surface area contributed by atoms with Gasteiger partial charge in [0.25, 0.3) is 0 Å². The molecule has 1 heterocycles. The van der Waals surface area contributed by atoms with E-state index >= 15 is 0 Å². The van der Waals surface area contributed by atoms with Crippen molar-refractivity contribution in [3.63, 3.8) is 0 Å². The van der Waals surface area contributed by atoms with E-state index in [1.807, 2.05) is 32.0 Å². The molecule has 0 amide bonds. The smallest absolute Gasteiger partial charge is 0.212 e. The molecule has 4 nitrogen and oxygen atoms in total. The normalized spacial score (nSPS) is 18.7. The molecule has 1 N–H and O–H groups in total. The van der Waals surface area contributed by atoms with E-state index < -0.39 is 10.0 Å². The number of nitrogens with one attached hydrogen (secondary N) is 1. The zero-order chi connectivity index (χ0) is 13.9. The van der Waals surface area contributed by atoms with Gasteiger partial charge in [-0.1, -0.05) is 31.0 Å². The van der Waals surface area contributed by atoms with Gasteiger partial charge in [0.2, 0.25) is 10.0 Å². The van der Waals surface area contributed by atoms with Crippen LogP contribution < -0.4 is 9.46 Å². The largest absolute Gasteiger partial charge is 0.493 e. The van der Waals surface area contributed by atoms with E-state index in [-0.39, 0.29) is 11.8 Å². The maximum absolute atomic E-state index is 12.0. The van der Waals surface area contributed by atoms with Crippen LogP contribution in [0.25, 0.3) is 0 Å². The van der Waals surface area contributed by atoms with Crippen LogP contribution in [0.2, 0.25) is 0 Å². The van der Waals surface area contributed by atoms with Crippen LogP contribution in [0.15, 0.2) is 18.2 Å². The molecule has 1 aromatic rings. The Morgan fingerprint density at radius 3 is 2.95 bits per heavy atom. The Labute approximate surface area is 115 Å². The fourth-order valence-electron chi connectivity index (χ4n) is 2.25. The molecule has 5 heteroatoms. The van der Waals surface area contributed by atoms with Crippen LogP contribution in [0.4, 0.5) is 0 Å². The molecule has 1 aliphatic rings. The Morgan fingerprint density at radius 1 is 1.42 bits per heavy atom. The van der Waals surface area contributed by atoms with Gasteiger partial charge >= 0.3 is 0 Å². The first kappa shape index (κ1) is 14.3. The zero-order valence-electron chi connectivity index (χ0n) is 11.5. The number of fused-ring (bicyclic) bond motifs is 1. The molecule has 0 spiro atoms. The molecule has 106 valence electrons. The van der Waals surface area contributed by atoms with Crippen LogP contribution >= 0.6 is 0 Å². The fourth-order valence-corrected chi connectivity index (χ4v) is 3.71. The second kappa shape index (κ2) is 5.92. The van der Waals surface area contributed by atoms with Gasteiger partial charge in [-0.2, -0.15) is 0 Å². The molecule has 0 radical (unpaired) electrons. The lowest BCUT2D eigenvalue weighted by atomic mass is 10.00. The number of ether oxygens (including phenoxy) is 1. The van der Waals surface area contributed by atoms with Crippen molar-refractivity contribution < 1.29 is 13.2 Å². The Kier molecular flexibility index (Phi) is 4.47. The molecule has 19 heavy (non-hydrogen) atoms. The number of aryl methyl sites for hydroxylation is 1. The molecule has 1 unspecified atom stereocenters. The van der Waals surface area contributed by atoms with E-state index in [1.165, 1.54) is 0 Å². The van der Waals surface area contributed by atoms with Crippen LogP contribution in [0.1, 0.15) is 43.4 Å². The van der Waals surface area contributed by atoms with Crippen LogP contribution in [-0.2, 0) is 10.0 Å². The van der Waals surface area contributed by atoms with Gasteiger partial charge in [-0.25, -0.2) is 13.1 Å². The highest BCUT2D eigenvalue weighted by molar-refractivity contribution is 7.89. The monoisotopic (exact) mass is 283 g/mol. The maximum atomic E-state index is 12.0. The van der Waals surface area contributed by atoms with Gasteiger partial charge in [-0.05, 0) is 19.4 Å². The zero-order valence-corrected chi connectivity index (χ0v) is 12.3. The van der Waals surface area contributed by atoms with Crippen LogP contribution in [0.3, 0.4) is 0 Å². The summed E-state index contributed by atoms with van der Waals surface area (Å²) in [6.45, 7) is 4.54. The predicted molar refractivity (Wildman–Crippen MR) is 75.9 cm³/mol. The molecule has 2 rings (SSSR count). The molecule has 1 aromatic carbocycles. The second-order valence-electron chi connectivity index (χ2n) is 5.02. The molecule has 0 saturated carbocycles. The summed E-state index contributed by atoms with van der Waals surface area (Å²) in [5.74, 6) is 0.988. The van der Waals surface area contributed by atoms with E-state index in [1.54, 1.807) is 0 Å². The minimum atomic E-state index is -3.20. The fraction of sp³-hybridized carbons (Fsp3) is 0.571. The van der Waals surface area contributed by atoms with Crippen molar-refractivity contribution >= 4 is 10.0 Å². The Morgan fingerprint density at radius 2 is 2.21 bits per heavy atom. The van der Waals surface area contributed by atoms with Gasteiger partial charge in [0.1, 0.15) is 5.75 Å². The first-order chi connectivity index (χ1) is 9.02. The van der Waals surface area contributed by atoms with Crippen molar-refractivity contribution in [2.24, 2.45) is 0 Å². The van der Waals surface area contributed by atoms with Gasteiger partial charge in [-0.15, -0.1) is 0 Å². The van der Waals surface area contributed by atoms with Gasteiger partial charge in [-0.3, -0.25) is 0 Å². The summed E-state index contributed by atoms with van der Waals surface area (Å²) < 4.78 is 32.4. The molecule has 1 atom stereocenters. The van der Waals surface area contributed by atoms with Crippen molar-refractivity contribution in [3.8, 4) is 5.75 Å². The molecular weight excluding hydrogens is 262 g/mol. The standard InChI is InChI=1S/C14H21NO3S/c1-3-4-9-19(16,17)15-13-7-8-18-14-6-5-11(2)10-12(13)14/h5-6,10,13,15H,3-4,7-9H2,1-2H3. The third-order valence-corrected chi connectivity index (χ3v) is 4.76. The highest BCUT2D eigenvalue weighted by atomic mass is 32.2. The first-order valence-electron chi connectivity index (χ1n) is 6.75. The molecular formula is C14H21NO3S. The molecule has 1 aliphatic heterocycles. The Hall–Kier alpha value is -1.07. The van der Waals surface area contributed by atoms with Gasteiger partial charge in [0.15, 0.2) is 0 Å². The van der Waals surface area contributed by atoms with Crippen LogP contribution in [0, 0.1) is 6.92 Å². The summed E-state index contributed by atoms with van der Waals surface area (Å²) in [6.07, 6.45) is 2.26. The first-order valence-corrected chi connectivity index (χ1v) is 8.40. The van der Waals surface area contributed by atoms with Crippen LogP contribution in [0.5, 0.6) is 5.75 Å². The number of rotatable bonds is 5. The van der Waals surface area contributed by atoms with Crippen molar-refractivity contribution in [1.29, 1.82) is 0 Å². The van der Waals surface area contributed by atoms with E-state index in [0.29, 0.717) is 19.4 Å². The lowest BCUT2D eigenvalue weighted by Crippen LogP contribution is -2.33. The predicted octanol–water partition coefficient (Wildman–Crippen LogP) is 2.54. The van der Waals surface area contributed by atoms with Gasteiger partial charge < -0.3 is 4.74 Å². The lowest BCUT2D eigenvalue weighted by molar-refractivity contribution is 0.263. The summed E-state index contributed by atoms with van der Waals surface area (Å²) in [7, 11) is -3.20. The Bertz CT molecular complexity index is 540. The van der Waals surface area contributed by atoms with E-state index in [2.05, 4.69) is 4.72 Å². The topological polar surface area (TPSA) is 55.4 Å². The number of hydrogen-bond donors (Lipinski definition) is 1. The summed E-state index contributed by atoms with van der Waals surface area (Å²) >= 11 is 0. The average Bonchev–Trinajstić information content (AvgIpc) is 2.37. The lowest BCUT2D eigenvalue weighted by Gasteiger charge is -2.27. The van der Waals surface area contributed by atoms with Crippen molar-refractivity contribution in [2.45, 2.75) is 39.2 Å². The molecule has 0 bridgehead atoms. The minimum absolute atomic E-state index is 0.162. The molecule has 0 aliphatic carbocycles. The third-order valence-electron chi connectivity index (χ3n) is 3.29. The summed E-state index contributed by atoms with van der Waals surface area (Å²) in [5.41, 5.74) is 2.06. The summed E-state index contributed by atoms with van der Waals surface area (Å²) in [6, 6.07) is 5.73. The summed E-state index contributed by atoms with van der Waals surface area (Å²) in [4.78, 5) is 0. The van der Waals surface area contributed by atoms with E-state index in [9.17, 15) is 8.42 Å². The van der Waals surface area contributed by atoms with Crippen molar-refractivity contribution in [2.75, 3.05) is 12.4 Å². The average molecular weight is 283 g/mol. The SMILES string of the molecule is CCCCS(=O)(=O)NC1CCOc2ccc(C)cc21. The number of benzene rings is 1. The van der Waals surface area contributed by atoms with E-state index in [0.717, 1.165) is 23.3 Å². The minimum Gasteiger partial charge on any atom is -0.493 e. The second-order valence-corrected chi connectivity index (χ2v) is 6.89. The number of sulfonamides is 1. The maximum Gasteiger partial charge on any atom is 0.212 e. The van der Waals surface area contributed by atoms with Gasteiger partial charge in [0, 0.05) is 12.0 Å². The number of hydrogen-bond acceptors (Lipinski definition) is 3. The number of unbranched alkanes of at least 4 members (excludes halogenated alkanes) is 1. The van der Waals surface area contributed by atoms with Crippen molar-refractivity contribution in [3.05, 3.63) is 29.3 Å². The summed E-state index contributed by atoms with van der Waals surface area (Å²) in [5, 5.41) is 0. The highest BCUT2D eigenvalue weighted by Crippen LogP contribution is 2.33. The molecule has 0 saturated heterocycles. The molecule has 0 fully saturated rings. The Balaban J connectivity index is 2.17. The third kappa shape index (κ3) is 3.70. The highest BCUT2D eigenvalue weighted by Gasteiger charge is 2.25. The van der Waals surface area contributed by atoms with Crippen LogP contribution in [-0.4, -0.2) is 20.8 Å². The quantitative estimate of drug-likeness (QED) is 0.903. The molecule has 0 aromatic heterocycles. The van der Waals surface area contributed by atoms with Gasteiger partial charge in [0.05, 0.1) is 18.4 Å². The van der Waals surface area contributed by atoms with Crippen molar-refractivity contribution in [1.82, 2.24) is 4.72 Å².